The van der Waals surface area contributed by atoms with E-state index in [1.54, 1.807) is 37.3 Å². The number of hydrogen-bond donors (Lipinski definition) is 3. The van der Waals surface area contributed by atoms with Crippen molar-refractivity contribution in [1.82, 2.24) is 5.32 Å². The lowest BCUT2D eigenvalue weighted by Crippen LogP contribution is -2.35. The van der Waals surface area contributed by atoms with Gasteiger partial charge in [-0.05, 0) is 61.2 Å². The summed E-state index contributed by atoms with van der Waals surface area (Å²) in [6.07, 6.45) is 0.827. The summed E-state index contributed by atoms with van der Waals surface area (Å²) in [7, 11) is 0. The Hall–Kier alpha value is -2.82. The Labute approximate surface area is 141 Å². The first-order valence-electron chi connectivity index (χ1n) is 7.75. The maximum Gasteiger partial charge on any atom is 0.335 e. The molecule has 0 aliphatic rings. The van der Waals surface area contributed by atoms with Crippen LogP contribution in [0.4, 0.5) is 0 Å². The van der Waals surface area contributed by atoms with Gasteiger partial charge in [0.05, 0.1) is 12.0 Å². The molecule has 1 amide bonds. The Morgan fingerprint density at radius 2 is 1.92 bits per heavy atom. The fourth-order valence-corrected chi connectivity index (χ4v) is 2.61. The zero-order valence-electron chi connectivity index (χ0n) is 13.7. The molecule has 2 aromatic carbocycles. The van der Waals surface area contributed by atoms with Crippen LogP contribution in [-0.4, -0.2) is 28.1 Å². The first-order valence-corrected chi connectivity index (χ1v) is 7.75. The number of carboxylic acid groups (broad SMARTS) is 1. The van der Waals surface area contributed by atoms with E-state index in [9.17, 15) is 14.7 Å². The smallest absolute Gasteiger partial charge is 0.335 e. The van der Waals surface area contributed by atoms with Gasteiger partial charge in [-0.1, -0.05) is 18.2 Å². The van der Waals surface area contributed by atoms with Crippen molar-refractivity contribution in [3.05, 3.63) is 64.7 Å². The molecule has 0 aromatic heterocycles. The van der Waals surface area contributed by atoms with Crippen molar-refractivity contribution < 1.29 is 19.8 Å². The number of hydrogen-bond acceptors (Lipinski definition) is 3. The molecular formula is C19H21NO4. The number of aromatic carboxylic acids is 1. The lowest BCUT2D eigenvalue weighted by Gasteiger charge is -2.15. The van der Waals surface area contributed by atoms with Gasteiger partial charge in [0, 0.05) is 6.04 Å². The fourth-order valence-electron chi connectivity index (χ4n) is 2.61. The van der Waals surface area contributed by atoms with Crippen molar-refractivity contribution in [2.24, 2.45) is 0 Å². The van der Waals surface area contributed by atoms with E-state index in [2.05, 4.69) is 5.32 Å². The fraction of sp³-hybridized carbons (Fsp3) is 0.263. The van der Waals surface area contributed by atoms with Crippen LogP contribution in [0.15, 0.2) is 42.5 Å². The number of aromatic hydroxyl groups is 1. The van der Waals surface area contributed by atoms with Gasteiger partial charge in [0.2, 0.25) is 5.91 Å². The molecule has 0 fully saturated rings. The SMILES string of the molecule is Cc1cc(C(=O)O)ccc1CC(=O)NC(C)Cc1cccc(O)c1. The molecule has 0 bridgehead atoms. The molecule has 126 valence electrons. The van der Waals surface area contributed by atoms with Crippen LogP contribution in [0, 0.1) is 6.92 Å². The molecule has 2 aromatic rings. The van der Waals surface area contributed by atoms with Crippen molar-refractivity contribution in [2.75, 3.05) is 0 Å². The molecule has 1 unspecified atom stereocenters. The summed E-state index contributed by atoms with van der Waals surface area (Å²) >= 11 is 0. The molecule has 0 spiro atoms. The summed E-state index contributed by atoms with van der Waals surface area (Å²) in [4.78, 5) is 23.1. The van der Waals surface area contributed by atoms with Crippen LogP contribution in [0.1, 0.15) is 34.0 Å². The number of amides is 1. The zero-order chi connectivity index (χ0) is 17.7. The predicted molar refractivity (Wildman–Crippen MR) is 91.3 cm³/mol. The largest absolute Gasteiger partial charge is 0.508 e. The van der Waals surface area contributed by atoms with Gasteiger partial charge in [0.25, 0.3) is 0 Å². The third kappa shape index (κ3) is 4.84. The third-order valence-electron chi connectivity index (χ3n) is 3.80. The van der Waals surface area contributed by atoms with E-state index in [4.69, 9.17) is 5.11 Å². The van der Waals surface area contributed by atoms with Crippen molar-refractivity contribution >= 4 is 11.9 Å². The lowest BCUT2D eigenvalue weighted by molar-refractivity contribution is -0.121. The maximum absolute atomic E-state index is 12.2. The molecule has 5 heteroatoms. The number of aryl methyl sites for hydroxylation is 1. The minimum atomic E-state index is -0.978. The predicted octanol–water partition coefficient (Wildman–Crippen LogP) is 2.69. The van der Waals surface area contributed by atoms with E-state index in [1.165, 1.54) is 6.07 Å². The Kier molecular flexibility index (Phi) is 5.58. The highest BCUT2D eigenvalue weighted by Crippen LogP contribution is 2.14. The minimum Gasteiger partial charge on any atom is -0.508 e. The summed E-state index contributed by atoms with van der Waals surface area (Å²) in [5.74, 6) is -0.886. The molecule has 2 rings (SSSR count). The van der Waals surface area contributed by atoms with Gasteiger partial charge in [-0.25, -0.2) is 4.79 Å². The summed E-state index contributed by atoms with van der Waals surface area (Å²) < 4.78 is 0. The van der Waals surface area contributed by atoms with Crippen LogP contribution in [0.3, 0.4) is 0 Å². The van der Waals surface area contributed by atoms with Gasteiger partial charge in [0.15, 0.2) is 0 Å². The maximum atomic E-state index is 12.2. The third-order valence-corrected chi connectivity index (χ3v) is 3.80. The second kappa shape index (κ2) is 7.64. The molecule has 0 heterocycles. The highest BCUT2D eigenvalue weighted by molar-refractivity contribution is 5.88. The van der Waals surface area contributed by atoms with E-state index in [0.717, 1.165) is 16.7 Å². The van der Waals surface area contributed by atoms with Crippen molar-refractivity contribution in [2.45, 2.75) is 32.7 Å². The molecule has 5 nitrogen and oxygen atoms in total. The number of carboxylic acids is 1. The Balaban J connectivity index is 1.94. The number of rotatable bonds is 6. The first-order chi connectivity index (χ1) is 11.3. The Morgan fingerprint density at radius 3 is 2.54 bits per heavy atom. The normalized spacial score (nSPS) is 11.8. The van der Waals surface area contributed by atoms with E-state index < -0.39 is 5.97 Å². The number of phenolic OH excluding ortho intramolecular Hbond substituents is 1. The van der Waals surface area contributed by atoms with E-state index in [-0.39, 0.29) is 29.7 Å². The second-order valence-electron chi connectivity index (χ2n) is 5.97. The highest BCUT2D eigenvalue weighted by atomic mass is 16.4. The summed E-state index contributed by atoms with van der Waals surface area (Å²) in [5, 5.41) is 21.4. The highest BCUT2D eigenvalue weighted by Gasteiger charge is 2.12. The summed E-state index contributed by atoms with van der Waals surface area (Å²) in [6.45, 7) is 3.70. The molecule has 0 aliphatic carbocycles. The molecule has 0 radical (unpaired) electrons. The molecule has 1 atom stereocenters. The van der Waals surface area contributed by atoms with Gasteiger partial charge >= 0.3 is 5.97 Å². The number of benzene rings is 2. The molecular weight excluding hydrogens is 306 g/mol. The van der Waals surface area contributed by atoms with Gasteiger partial charge in [-0.15, -0.1) is 0 Å². The Bertz CT molecular complexity index is 755. The quantitative estimate of drug-likeness (QED) is 0.761. The minimum absolute atomic E-state index is 0.0714. The molecule has 0 saturated carbocycles. The van der Waals surface area contributed by atoms with Crippen LogP contribution in [0.2, 0.25) is 0 Å². The molecule has 24 heavy (non-hydrogen) atoms. The number of nitrogens with one attached hydrogen (secondary N) is 1. The first kappa shape index (κ1) is 17.5. The summed E-state index contributed by atoms with van der Waals surface area (Å²) in [6, 6.07) is 11.6. The van der Waals surface area contributed by atoms with E-state index in [1.807, 2.05) is 13.0 Å². The van der Waals surface area contributed by atoms with Crippen molar-refractivity contribution in [3.63, 3.8) is 0 Å². The second-order valence-corrected chi connectivity index (χ2v) is 5.97. The van der Waals surface area contributed by atoms with Crippen LogP contribution in [0.5, 0.6) is 5.75 Å². The number of carbonyl (C=O) groups is 2. The molecule has 0 saturated heterocycles. The average molecular weight is 327 g/mol. The standard InChI is InChI=1S/C19H21NO4/c1-12-8-16(19(23)24)7-6-15(12)11-18(22)20-13(2)9-14-4-3-5-17(21)10-14/h3-8,10,13,21H,9,11H2,1-2H3,(H,20,22)(H,23,24). The monoisotopic (exact) mass is 327 g/mol. The van der Waals surface area contributed by atoms with Gasteiger partial charge in [-0.3, -0.25) is 4.79 Å². The average Bonchev–Trinajstić information content (AvgIpc) is 2.48. The van der Waals surface area contributed by atoms with Gasteiger partial charge in [-0.2, -0.15) is 0 Å². The lowest BCUT2D eigenvalue weighted by atomic mass is 10.0. The number of phenols is 1. The van der Waals surface area contributed by atoms with Crippen molar-refractivity contribution in [1.29, 1.82) is 0 Å². The van der Waals surface area contributed by atoms with Gasteiger partial charge < -0.3 is 15.5 Å². The van der Waals surface area contributed by atoms with Crippen LogP contribution < -0.4 is 5.32 Å². The van der Waals surface area contributed by atoms with Gasteiger partial charge in [0.1, 0.15) is 5.75 Å². The van der Waals surface area contributed by atoms with Crippen LogP contribution >= 0.6 is 0 Å². The number of carbonyl (C=O) groups excluding carboxylic acids is 1. The van der Waals surface area contributed by atoms with Crippen LogP contribution in [-0.2, 0) is 17.6 Å². The van der Waals surface area contributed by atoms with E-state index in [0.29, 0.717) is 6.42 Å². The Morgan fingerprint density at radius 1 is 1.17 bits per heavy atom. The van der Waals surface area contributed by atoms with Crippen LogP contribution in [0.25, 0.3) is 0 Å². The van der Waals surface area contributed by atoms with Crippen molar-refractivity contribution in [3.8, 4) is 5.75 Å². The molecule has 0 aliphatic heterocycles. The molecule has 3 N–H and O–H groups in total. The topological polar surface area (TPSA) is 86.6 Å². The zero-order valence-corrected chi connectivity index (χ0v) is 13.7. The van der Waals surface area contributed by atoms with E-state index >= 15 is 0 Å². The summed E-state index contributed by atoms with van der Waals surface area (Å²) in [5.41, 5.74) is 2.76.